The zero-order valence-corrected chi connectivity index (χ0v) is 12.8. The van der Waals surface area contributed by atoms with E-state index in [0.717, 1.165) is 26.9 Å². The fraction of sp³-hybridized carbons (Fsp3) is 0.200. The van der Waals surface area contributed by atoms with Crippen molar-refractivity contribution < 1.29 is 9.13 Å². The number of ether oxygens (including phenoxy) is 1. The number of halogens is 3. The van der Waals surface area contributed by atoms with E-state index >= 15 is 0 Å². The lowest BCUT2D eigenvalue weighted by Gasteiger charge is -2.13. The maximum absolute atomic E-state index is 13.1. The van der Waals surface area contributed by atoms with Gasteiger partial charge in [0.15, 0.2) is 0 Å². The molecule has 0 aliphatic rings. The number of hydrogen-bond acceptors (Lipinski definition) is 1. The molecule has 1 nitrogen and oxygen atoms in total. The zero-order valence-electron chi connectivity index (χ0n) is 10.4. The number of rotatable bonds is 4. The average Bonchev–Trinajstić information content (AvgIpc) is 2.37. The third kappa shape index (κ3) is 3.71. The smallest absolute Gasteiger partial charge is 0.127 e. The molecule has 0 atom stereocenters. The molecule has 0 fully saturated rings. The molecule has 100 valence electrons. The molecule has 0 saturated carbocycles. The fourth-order valence-electron chi connectivity index (χ4n) is 1.89. The highest BCUT2D eigenvalue weighted by molar-refractivity contribution is 9.10. The Balaban J connectivity index is 2.19. The van der Waals surface area contributed by atoms with Crippen molar-refractivity contribution in [1.29, 1.82) is 0 Å². The number of hydrogen-bond donors (Lipinski definition) is 0. The summed E-state index contributed by atoms with van der Waals surface area (Å²) in [6.07, 6.45) is 0. The second kappa shape index (κ2) is 6.40. The van der Waals surface area contributed by atoms with Crippen LogP contribution in [0.2, 0.25) is 0 Å². The molecule has 19 heavy (non-hydrogen) atoms. The molecular weight excluding hydrogens is 331 g/mol. The predicted octanol–water partition coefficient (Wildman–Crippen LogP) is 5.21. The third-order valence-electron chi connectivity index (χ3n) is 2.73. The van der Waals surface area contributed by atoms with E-state index in [1.165, 1.54) is 12.1 Å². The van der Waals surface area contributed by atoms with E-state index in [9.17, 15) is 4.39 Å². The minimum atomic E-state index is -0.258. The van der Waals surface area contributed by atoms with Gasteiger partial charge in [0.1, 0.15) is 18.2 Å². The lowest BCUT2D eigenvalue weighted by molar-refractivity contribution is 0.301. The summed E-state index contributed by atoms with van der Waals surface area (Å²) in [5.74, 6) is 0.882. The second-order valence-corrected chi connectivity index (χ2v) is 5.45. The largest absolute Gasteiger partial charge is 0.488 e. The van der Waals surface area contributed by atoms with E-state index in [1.807, 2.05) is 25.1 Å². The lowest BCUT2D eigenvalue weighted by atomic mass is 10.1. The molecule has 2 aromatic carbocycles. The molecular formula is C15H13BrClFO. The first-order valence-corrected chi connectivity index (χ1v) is 7.15. The van der Waals surface area contributed by atoms with Crippen molar-refractivity contribution in [2.75, 3.05) is 0 Å². The summed E-state index contributed by atoms with van der Waals surface area (Å²) in [6, 6.07) is 10.3. The highest BCUT2D eigenvalue weighted by Gasteiger charge is 2.09. The number of benzene rings is 2. The van der Waals surface area contributed by atoms with Gasteiger partial charge in [0, 0.05) is 10.0 Å². The van der Waals surface area contributed by atoms with Gasteiger partial charge in [-0.2, -0.15) is 0 Å². The van der Waals surface area contributed by atoms with Gasteiger partial charge in [0.05, 0.1) is 5.88 Å². The van der Waals surface area contributed by atoms with Gasteiger partial charge < -0.3 is 4.74 Å². The van der Waals surface area contributed by atoms with Gasteiger partial charge in [-0.15, -0.1) is 11.6 Å². The fourth-order valence-corrected chi connectivity index (χ4v) is 2.71. The molecule has 0 amide bonds. The van der Waals surface area contributed by atoms with Crippen molar-refractivity contribution >= 4 is 27.5 Å². The van der Waals surface area contributed by atoms with Gasteiger partial charge >= 0.3 is 0 Å². The summed E-state index contributed by atoms with van der Waals surface area (Å²) in [5.41, 5.74) is 2.72. The van der Waals surface area contributed by atoms with E-state index in [1.54, 1.807) is 6.07 Å². The highest BCUT2D eigenvalue weighted by atomic mass is 79.9. The monoisotopic (exact) mass is 342 g/mol. The van der Waals surface area contributed by atoms with Crippen LogP contribution in [0, 0.1) is 12.7 Å². The number of aryl methyl sites for hydroxylation is 1. The standard InChI is InChI=1S/C15H13BrClFO/c1-10-5-13(16)7-12(8-17)15(10)19-9-11-3-2-4-14(18)6-11/h2-7H,8-9H2,1H3. The Morgan fingerprint density at radius 2 is 2.05 bits per heavy atom. The van der Waals surface area contributed by atoms with Crippen LogP contribution in [-0.2, 0) is 12.5 Å². The Bertz CT molecular complexity index is 586. The van der Waals surface area contributed by atoms with Crippen LogP contribution in [0.1, 0.15) is 16.7 Å². The summed E-state index contributed by atoms with van der Waals surface area (Å²) in [6.45, 7) is 2.28. The van der Waals surface area contributed by atoms with Gasteiger partial charge in [-0.05, 0) is 42.3 Å². The van der Waals surface area contributed by atoms with Crippen molar-refractivity contribution in [3.05, 3.63) is 63.4 Å². The minimum absolute atomic E-state index is 0.258. The minimum Gasteiger partial charge on any atom is -0.488 e. The second-order valence-electron chi connectivity index (χ2n) is 4.26. The summed E-state index contributed by atoms with van der Waals surface area (Å²) in [7, 11) is 0. The Hall–Kier alpha value is -1.06. The van der Waals surface area contributed by atoms with E-state index in [-0.39, 0.29) is 5.82 Å². The van der Waals surface area contributed by atoms with Crippen LogP contribution in [-0.4, -0.2) is 0 Å². The van der Waals surface area contributed by atoms with Crippen LogP contribution < -0.4 is 4.74 Å². The third-order valence-corrected chi connectivity index (χ3v) is 3.48. The Labute approximate surface area is 125 Å². The maximum Gasteiger partial charge on any atom is 0.127 e. The van der Waals surface area contributed by atoms with Crippen LogP contribution >= 0.6 is 27.5 Å². The molecule has 0 saturated heterocycles. The first-order valence-electron chi connectivity index (χ1n) is 5.82. The van der Waals surface area contributed by atoms with Crippen molar-refractivity contribution in [2.24, 2.45) is 0 Å². The van der Waals surface area contributed by atoms with Crippen molar-refractivity contribution in [2.45, 2.75) is 19.4 Å². The molecule has 2 rings (SSSR count). The van der Waals surface area contributed by atoms with Gasteiger partial charge in [0.2, 0.25) is 0 Å². The van der Waals surface area contributed by atoms with Crippen molar-refractivity contribution in [3.63, 3.8) is 0 Å². The molecule has 0 bridgehead atoms. The van der Waals surface area contributed by atoms with Crippen LogP contribution in [0.15, 0.2) is 40.9 Å². The molecule has 0 radical (unpaired) electrons. The summed E-state index contributed by atoms with van der Waals surface area (Å²) >= 11 is 9.35. The summed E-state index contributed by atoms with van der Waals surface area (Å²) < 4.78 is 19.8. The summed E-state index contributed by atoms with van der Waals surface area (Å²) in [4.78, 5) is 0. The van der Waals surface area contributed by atoms with Crippen LogP contribution in [0.25, 0.3) is 0 Å². The quantitative estimate of drug-likeness (QED) is 0.692. The van der Waals surface area contributed by atoms with E-state index in [4.69, 9.17) is 16.3 Å². The number of alkyl halides is 1. The van der Waals surface area contributed by atoms with E-state index < -0.39 is 0 Å². The molecule has 0 aromatic heterocycles. The Morgan fingerprint density at radius 3 is 2.74 bits per heavy atom. The van der Waals surface area contributed by atoms with Gasteiger partial charge in [-0.3, -0.25) is 0 Å². The van der Waals surface area contributed by atoms with E-state index in [0.29, 0.717) is 12.5 Å². The molecule has 0 N–H and O–H groups in total. The van der Waals surface area contributed by atoms with Gasteiger partial charge in [-0.1, -0.05) is 28.1 Å². The Kier molecular flexibility index (Phi) is 4.83. The Morgan fingerprint density at radius 1 is 1.26 bits per heavy atom. The van der Waals surface area contributed by atoms with Gasteiger partial charge in [-0.25, -0.2) is 4.39 Å². The van der Waals surface area contributed by atoms with Crippen molar-refractivity contribution in [3.8, 4) is 5.75 Å². The molecule has 2 aromatic rings. The molecule has 0 unspecified atom stereocenters. The average molecular weight is 344 g/mol. The predicted molar refractivity (Wildman–Crippen MR) is 79.2 cm³/mol. The molecule has 4 heteroatoms. The van der Waals surface area contributed by atoms with E-state index in [2.05, 4.69) is 15.9 Å². The SMILES string of the molecule is Cc1cc(Br)cc(CCl)c1OCc1cccc(F)c1. The van der Waals surface area contributed by atoms with Crippen LogP contribution in [0.3, 0.4) is 0 Å². The zero-order chi connectivity index (χ0) is 13.8. The first kappa shape index (κ1) is 14.4. The highest BCUT2D eigenvalue weighted by Crippen LogP contribution is 2.30. The first-order chi connectivity index (χ1) is 9.10. The maximum atomic E-state index is 13.1. The lowest BCUT2D eigenvalue weighted by Crippen LogP contribution is -2.00. The van der Waals surface area contributed by atoms with Crippen molar-refractivity contribution in [1.82, 2.24) is 0 Å². The molecule has 0 spiro atoms. The normalized spacial score (nSPS) is 10.5. The van der Waals surface area contributed by atoms with Crippen LogP contribution in [0.5, 0.6) is 5.75 Å². The summed E-state index contributed by atoms with van der Waals surface area (Å²) in [5, 5.41) is 0. The molecule has 0 aliphatic carbocycles. The topological polar surface area (TPSA) is 9.23 Å². The molecule has 0 aliphatic heterocycles. The van der Waals surface area contributed by atoms with Crippen LogP contribution in [0.4, 0.5) is 4.39 Å². The molecule has 0 heterocycles. The van der Waals surface area contributed by atoms with Gasteiger partial charge in [0.25, 0.3) is 0 Å².